The zero-order valence-electron chi connectivity index (χ0n) is 14.9. The fourth-order valence-electron chi connectivity index (χ4n) is 3.58. The van der Waals surface area contributed by atoms with Crippen LogP contribution in [0.3, 0.4) is 0 Å². The number of fused-ring (bicyclic) bond motifs is 3. The zero-order valence-corrected chi connectivity index (χ0v) is 19.8. The number of benzene rings is 2. The third-order valence-electron chi connectivity index (χ3n) is 4.88. The van der Waals surface area contributed by atoms with Gasteiger partial charge in [-0.25, -0.2) is 0 Å². The van der Waals surface area contributed by atoms with Crippen molar-refractivity contribution in [1.82, 2.24) is 0 Å². The zero-order chi connectivity index (χ0) is 16.0. The van der Waals surface area contributed by atoms with E-state index in [1.54, 1.807) is 17.3 Å². The Hall–Kier alpha value is -0.400. The molecule has 0 aromatic heterocycles. The molecule has 25 heavy (non-hydrogen) atoms. The minimum Gasteiger partial charge on any atom is -1.00 e. The average Bonchev–Trinajstić information content (AvgIpc) is 3.12. The second kappa shape index (κ2) is 8.09. The van der Waals surface area contributed by atoms with E-state index >= 15 is 0 Å². The largest absolute Gasteiger partial charge is 1.00 e. The second-order valence-corrected chi connectivity index (χ2v) is 16.2. The van der Waals surface area contributed by atoms with Gasteiger partial charge < -0.3 is 24.8 Å². The van der Waals surface area contributed by atoms with Crippen LogP contribution in [0.5, 0.6) is 0 Å². The van der Waals surface area contributed by atoms with Gasteiger partial charge in [-0.3, -0.25) is 0 Å². The molecule has 0 N–H and O–H groups in total. The minimum absolute atomic E-state index is 0. The van der Waals surface area contributed by atoms with Crippen molar-refractivity contribution < 1.29 is 48.0 Å². The summed E-state index contributed by atoms with van der Waals surface area (Å²) in [6.07, 6.45) is 7.45. The Morgan fingerprint density at radius 3 is 2.32 bits per heavy atom. The van der Waals surface area contributed by atoms with Crippen LogP contribution >= 0.6 is 0 Å². The maximum atomic E-state index is 2.57. The molecule has 2 aromatic rings. The molecule has 0 bridgehead atoms. The fraction of sp³-hybridized carbons (Fsp3) is 0.238. The molecule has 0 aliphatic heterocycles. The molecule has 0 saturated heterocycles. The van der Waals surface area contributed by atoms with Crippen LogP contribution in [0.25, 0.3) is 11.1 Å². The van der Waals surface area contributed by atoms with E-state index in [1.807, 2.05) is 0 Å². The van der Waals surface area contributed by atoms with E-state index in [-0.39, 0.29) is 24.8 Å². The molecule has 4 rings (SSSR count). The average molecular weight is 465 g/mol. The first-order valence-electron chi connectivity index (χ1n) is 8.41. The van der Waals surface area contributed by atoms with E-state index in [4.69, 9.17) is 0 Å². The molecular formula is C21H22Cl2SiZr. The van der Waals surface area contributed by atoms with Crippen molar-refractivity contribution in [2.24, 2.45) is 0 Å². The molecule has 0 saturated carbocycles. The van der Waals surface area contributed by atoms with Crippen molar-refractivity contribution in [2.45, 2.75) is 32.5 Å². The third-order valence-corrected chi connectivity index (χ3v) is 10.4. The predicted octanol–water partition coefficient (Wildman–Crippen LogP) is -0.935. The Kier molecular flexibility index (Phi) is 6.77. The summed E-state index contributed by atoms with van der Waals surface area (Å²) >= 11 is -0.653. The van der Waals surface area contributed by atoms with E-state index in [0.717, 1.165) is 6.42 Å². The summed E-state index contributed by atoms with van der Waals surface area (Å²) in [6.45, 7) is 7.38. The van der Waals surface area contributed by atoms with Gasteiger partial charge in [-0.1, -0.05) is 0 Å². The quantitative estimate of drug-likeness (QED) is 0.440. The Balaban J connectivity index is 0.00000113. The number of hydrogen-bond donors (Lipinski definition) is 0. The van der Waals surface area contributed by atoms with Crippen LogP contribution in [-0.2, 0) is 29.7 Å². The summed E-state index contributed by atoms with van der Waals surface area (Å²) in [4.78, 5) is 0. The van der Waals surface area contributed by atoms with Crippen LogP contribution in [-0.4, -0.2) is 8.07 Å². The molecular weight excluding hydrogens is 442 g/mol. The summed E-state index contributed by atoms with van der Waals surface area (Å²) in [5, 5.41) is 1.67. The van der Waals surface area contributed by atoms with Gasteiger partial charge in [0, 0.05) is 0 Å². The van der Waals surface area contributed by atoms with E-state index in [9.17, 15) is 0 Å². The Labute approximate surface area is 176 Å². The second-order valence-electron chi connectivity index (χ2n) is 7.57. The SMILES string of the molecule is C[Si](C)(C)C1=CC[C]([Zr+2][c]2cccc3c2Cc2ccccc2-3)=C1.[Cl-].[Cl-]. The predicted molar refractivity (Wildman–Crippen MR) is 98.4 cm³/mol. The first-order chi connectivity index (χ1) is 11.0. The molecule has 2 aliphatic rings. The molecule has 2 aromatic carbocycles. The van der Waals surface area contributed by atoms with Crippen LogP contribution in [0, 0.1) is 0 Å². The van der Waals surface area contributed by atoms with Crippen molar-refractivity contribution in [2.75, 3.05) is 0 Å². The summed E-state index contributed by atoms with van der Waals surface area (Å²) in [6, 6.07) is 15.9. The molecule has 0 nitrogen and oxygen atoms in total. The number of halogens is 2. The van der Waals surface area contributed by atoms with Gasteiger partial charge in [-0.2, -0.15) is 0 Å². The van der Waals surface area contributed by atoms with Crippen LogP contribution in [0.2, 0.25) is 19.6 Å². The number of hydrogen-bond acceptors (Lipinski definition) is 0. The molecule has 0 spiro atoms. The summed E-state index contributed by atoms with van der Waals surface area (Å²) < 4.78 is 3.45. The molecule has 2 aliphatic carbocycles. The molecule has 4 heteroatoms. The van der Waals surface area contributed by atoms with Gasteiger partial charge in [-0.05, 0) is 0 Å². The first kappa shape index (κ1) is 20.9. The fourth-order valence-corrected chi connectivity index (χ4v) is 8.53. The Morgan fingerprint density at radius 1 is 0.880 bits per heavy atom. The van der Waals surface area contributed by atoms with Gasteiger partial charge in [0.25, 0.3) is 0 Å². The van der Waals surface area contributed by atoms with Crippen molar-refractivity contribution in [3.05, 3.63) is 74.2 Å². The maximum absolute atomic E-state index is 2.57. The molecule has 0 atom stereocenters. The van der Waals surface area contributed by atoms with E-state index in [1.165, 1.54) is 23.1 Å². The third kappa shape index (κ3) is 4.14. The minimum atomic E-state index is -1.14. The normalized spacial score (nSPS) is 14.4. The van der Waals surface area contributed by atoms with E-state index < -0.39 is 31.3 Å². The topological polar surface area (TPSA) is 0 Å². The molecule has 0 unspecified atom stereocenters. The first-order valence-corrected chi connectivity index (χ1v) is 14.4. The van der Waals surface area contributed by atoms with E-state index in [2.05, 4.69) is 74.3 Å². The van der Waals surface area contributed by atoms with Gasteiger partial charge >= 0.3 is 152 Å². The van der Waals surface area contributed by atoms with Gasteiger partial charge in [0.2, 0.25) is 0 Å². The van der Waals surface area contributed by atoms with Crippen molar-refractivity contribution >= 4 is 11.3 Å². The molecule has 0 radical (unpaired) electrons. The monoisotopic (exact) mass is 462 g/mol. The van der Waals surface area contributed by atoms with Crippen molar-refractivity contribution in [1.29, 1.82) is 0 Å². The number of rotatable bonds is 3. The van der Waals surface area contributed by atoms with Gasteiger partial charge in [0.15, 0.2) is 0 Å². The summed E-state index contributed by atoms with van der Waals surface area (Å²) in [5.41, 5.74) is 6.10. The van der Waals surface area contributed by atoms with Crippen LogP contribution in [0.1, 0.15) is 17.5 Å². The van der Waals surface area contributed by atoms with E-state index in [0.29, 0.717) is 0 Å². The Bertz CT molecular complexity index is 847. The van der Waals surface area contributed by atoms with Gasteiger partial charge in [0.05, 0.1) is 0 Å². The smallest absolute Gasteiger partial charge is 1.00 e. The van der Waals surface area contributed by atoms with Crippen LogP contribution in [0.15, 0.2) is 63.1 Å². The summed E-state index contributed by atoms with van der Waals surface area (Å²) in [5.74, 6) is 0. The van der Waals surface area contributed by atoms with Crippen LogP contribution in [0.4, 0.5) is 0 Å². The van der Waals surface area contributed by atoms with Crippen molar-refractivity contribution in [3.63, 3.8) is 0 Å². The molecule has 0 fully saturated rings. The molecule has 0 heterocycles. The maximum Gasteiger partial charge on any atom is -1.00 e. The molecule has 0 amide bonds. The summed E-state index contributed by atoms with van der Waals surface area (Å²) in [7, 11) is -1.14. The number of allylic oxidation sites excluding steroid dienone is 4. The van der Waals surface area contributed by atoms with Crippen molar-refractivity contribution in [3.8, 4) is 11.1 Å². The van der Waals surface area contributed by atoms with Gasteiger partial charge in [-0.15, -0.1) is 0 Å². The van der Waals surface area contributed by atoms with Gasteiger partial charge in [0.1, 0.15) is 0 Å². The standard InChI is InChI=1S/C13H9.C8H13Si.2ClH.Zr/c1-3-7-12-10(5-1)9-11-6-2-4-8-13(11)12;1-9(2,3)8-6-4-5-7-8;;;/h1-5,7-8H,9H2;6-7H,4H2,1-3H3;2*1H;/q;;;;+2/p-2. The Morgan fingerprint density at radius 2 is 1.60 bits per heavy atom. The molecule has 128 valence electrons. The van der Waals surface area contributed by atoms with Crippen LogP contribution < -0.4 is 28.1 Å².